The van der Waals surface area contributed by atoms with Crippen molar-refractivity contribution in [2.75, 3.05) is 12.1 Å². The summed E-state index contributed by atoms with van der Waals surface area (Å²) in [5, 5.41) is 3.96. The predicted octanol–water partition coefficient (Wildman–Crippen LogP) is 4.58. The Morgan fingerprint density at radius 2 is 1.96 bits per heavy atom. The molecule has 1 amide bonds. The molecule has 1 aliphatic heterocycles. The van der Waals surface area contributed by atoms with Crippen LogP contribution in [-0.4, -0.2) is 17.7 Å². The molecule has 1 aliphatic rings. The van der Waals surface area contributed by atoms with E-state index in [4.69, 9.17) is 32.7 Å². The number of fused-ring (bicyclic) bond motifs is 2. The van der Waals surface area contributed by atoms with Crippen LogP contribution in [0.5, 0.6) is 11.5 Å². The van der Waals surface area contributed by atoms with E-state index in [-0.39, 0.29) is 12.7 Å². The molecule has 8 heteroatoms. The predicted molar refractivity (Wildman–Crippen MR) is 90.2 cm³/mol. The fourth-order valence-corrected chi connectivity index (χ4v) is 3.45. The molecule has 0 aliphatic carbocycles. The van der Waals surface area contributed by atoms with E-state index < -0.39 is 0 Å². The number of benzene rings is 2. The second kappa shape index (κ2) is 5.56. The quantitative estimate of drug-likeness (QED) is 0.720. The van der Waals surface area contributed by atoms with Gasteiger partial charge in [0.25, 0.3) is 5.91 Å². The summed E-state index contributed by atoms with van der Waals surface area (Å²) in [4.78, 5) is 16.7. The largest absolute Gasteiger partial charge is 0.454 e. The van der Waals surface area contributed by atoms with Crippen LogP contribution in [0.25, 0.3) is 10.2 Å². The summed E-state index contributed by atoms with van der Waals surface area (Å²) < 4.78 is 11.5. The monoisotopic (exact) mass is 366 g/mol. The first-order valence-electron chi connectivity index (χ1n) is 6.57. The number of thiazole rings is 1. The lowest BCUT2D eigenvalue weighted by Gasteiger charge is -2.04. The molecule has 1 N–H and O–H groups in total. The number of amides is 1. The van der Waals surface area contributed by atoms with Crippen LogP contribution in [0, 0.1) is 0 Å². The third-order valence-electron chi connectivity index (χ3n) is 3.28. The second-order valence-corrected chi connectivity index (χ2v) is 6.64. The first kappa shape index (κ1) is 14.6. The Morgan fingerprint density at radius 1 is 1.17 bits per heavy atom. The normalized spacial score (nSPS) is 12.6. The number of carbonyl (C=O) groups is 1. The Morgan fingerprint density at radius 3 is 2.78 bits per heavy atom. The van der Waals surface area contributed by atoms with E-state index in [0.717, 1.165) is 10.2 Å². The van der Waals surface area contributed by atoms with Crippen LogP contribution in [-0.2, 0) is 0 Å². The molecule has 1 aromatic heterocycles. The van der Waals surface area contributed by atoms with Crippen molar-refractivity contribution in [2.24, 2.45) is 0 Å². The van der Waals surface area contributed by atoms with Crippen molar-refractivity contribution >= 4 is 55.8 Å². The van der Waals surface area contributed by atoms with Crippen molar-refractivity contribution in [3.8, 4) is 11.5 Å². The van der Waals surface area contributed by atoms with Gasteiger partial charge in [0.1, 0.15) is 0 Å². The highest BCUT2D eigenvalue weighted by Crippen LogP contribution is 2.39. The van der Waals surface area contributed by atoms with Gasteiger partial charge in [-0.3, -0.25) is 10.1 Å². The molecule has 0 saturated carbocycles. The lowest BCUT2D eigenvalue weighted by Crippen LogP contribution is -2.12. The molecule has 0 saturated heterocycles. The van der Waals surface area contributed by atoms with E-state index in [9.17, 15) is 4.79 Å². The molecule has 2 aromatic carbocycles. The van der Waals surface area contributed by atoms with Crippen LogP contribution < -0.4 is 14.8 Å². The summed E-state index contributed by atoms with van der Waals surface area (Å²) in [7, 11) is 0. The van der Waals surface area contributed by atoms with Gasteiger partial charge in [-0.05, 0) is 18.2 Å². The molecule has 23 heavy (non-hydrogen) atoms. The number of anilines is 1. The molecule has 0 spiro atoms. The molecular weight excluding hydrogens is 359 g/mol. The van der Waals surface area contributed by atoms with E-state index in [1.807, 2.05) is 6.07 Å². The number of nitrogens with one attached hydrogen (secondary N) is 1. The van der Waals surface area contributed by atoms with Gasteiger partial charge in [-0.15, -0.1) is 0 Å². The molecule has 4 rings (SSSR count). The number of aromatic nitrogens is 1. The van der Waals surface area contributed by atoms with Gasteiger partial charge in [0.05, 0.1) is 20.8 Å². The number of ether oxygens (including phenoxy) is 2. The highest BCUT2D eigenvalue weighted by molar-refractivity contribution is 7.22. The summed E-state index contributed by atoms with van der Waals surface area (Å²) in [5.41, 5.74) is 1.03. The number of hydrogen-bond acceptors (Lipinski definition) is 5. The number of hydrogen-bond donors (Lipinski definition) is 1. The minimum Gasteiger partial charge on any atom is -0.454 e. The summed E-state index contributed by atoms with van der Waals surface area (Å²) in [6, 6.07) is 8.35. The number of carbonyl (C=O) groups excluding carboxylic acids is 1. The van der Waals surface area contributed by atoms with Gasteiger partial charge in [-0.1, -0.05) is 34.5 Å². The zero-order chi connectivity index (χ0) is 16.0. The van der Waals surface area contributed by atoms with Gasteiger partial charge in [0, 0.05) is 17.2 Å². The van der Waals surface area contributed by atoms with Gasteiger partial charge < -0.3 is 9.47 Å². The van der Waals surface area contributed by atoms with E-state index in [1.54, 1.807) is 18.2 Å². The minimum absolute atomic E-state index is 0.212. The third kappa shape index (κ3) is 2.69. The van der Waals surface area contributed by atoms with E-state index in [2.05, 4.69) is 10.3 Å². The molecule has 0 atom stereocenters. The smallest absolute Gasteiger partial charge is 0.259 e. The molecular formula is C15H8Cl2N2O3S. The van der Waals surface area contributed by atoms with Crippen LogP contribution >= 0.6 is 34.5 Å². The number of rotatable bonds is 2. The molecule has 0 unspecified atom stereocenters. The first-order chi connectivity index (χ1) is 11.1. The Bertz CT molecular complexity index is 901. The molecule has 5 nitrogen and oxygen atoms in total. The number of halogens is 2. The van der Waals surface area contributed by atoms with Crippen LogP contribution in [0.4, 0.5) is 5.13 Å². The molecule has 0 fully saturated rings. The van der Waals surface area contributed by atoms with Gasteiger partial charge in [-0.2, -0.15) is 0 Å². The summed E-state index contributed by atoms with van der Waals surface area (Å²) in [5.74, 6) is 0.965. The van der Waals surface area contributed by atoms with Gasteiger partial charge in [0.15, 0.2) is 16.6 Å². The average Bonchev–Trinajstić information content (AvgIpc) is 3.12. The average molecular weight is 367 g/mol. The van der Waals surface area contributed by atoms with Gasteiger partial charge in [-0.25, -0.2) is 4.98 Å². The Labute approximate surface area is 144 Å². The highest BCUT2D eigenvalue weighted by Gasteiger charge is 2.18. The SMILES string of the molecule is O=C(Nc1nc2cc3c(cc2s1)OCO3)c1cc(Cl)ccc1Cl. The minimum atomic E-state index is -0.364. The van der Waals surface area contributed by atoms with Crippen LogP contribution in [0.1, 0.15) is 10.4 Å². The van der Waals surface area contributed by atoms with Crippen molar-refractivity contribution in [3.05, 3.63) is 45.9 Å². The van der Waals surface area contributed by atoms with Crippen molar-refractivity contribution in [1.82, 2.24) is 4.98 Å². The molecule has 0 bridgehead atoms. The molecule has 116 valence electrons. The van der Waals surface area contributed by atoms with Crippen LogP contribution in [0.15, 0.2) is 30.3 Å². The van der Waals surface area contributed by atoms with Crippen molar-refractivity contribution < 1.29 is 14.3 Å². The van der Waals surface area contributed by atoms with E-state index >= 15 is 0 Å². The maximum Gasteiger partial charge on any atom is 0.259 e. The highest BCUT2D eigenvalue weighted by atomic mass is 35.5. The fourth-order valence-electron chi connectivity index (χ4n) is 2.21. The topological polar surface area (TPSA) is 60.5 Å². The lowest BCUT2D eigenvalue weighted by atomic mass is 10.2. The zero-order valence-corrected chi connectivity index (χ0v) is 13.8. The van der Waals surface area contributed by atoms with Crippen molar-refractivity contribution in [1.29, 1.82) is 0 Å². The summed E-state index contributed by atoms with van der Waals surface area (Å²) in [6.45, 7) is 0.212. The van der Waals surface area contributed by atoms with Crippen LogP contribution in [0.3, 0.4) is 0 Å². The summed E-state index contributed by atoms with van der Waals surface area (Å²) in [6.07, 6.45) is 0. The van der Waals surface area contributed by atoms with Crippen molar-refractivity contribution in [3.63, 3.8) is 0 Å². The fraction of sp³-hybridized carbons (Fsp3) is 0.0667. The Hall–Kier alpha value is -2.02. The van der Waals surface area contributed by atoms with Gasteiger partial charge in [0.2, 0.25) is 6.79 Å². The molecule has 0 radical (unpaired) electrons. The van der Waals surface area contributed by atoms with Crippen LogP contribution in [0.2, 0.25) is 10.0 Å². The van der Waals surface area contributed by atoms with Crippen molar-refractivity contribution in [2.45, 2.75) is 0 Å². The maximum atomic E-state index is 12.3. The first-order valence-corrected chi connectivity index (χ1v) is 8.14. The second-order valence-electron chi connectivity index (χ2n) is 4.77. The Kier molecular flexibility index (Phi) is 3.52. The third-order valence-corrected chi connectivity index (χ3v) is 4.77. The summed E-state index contributed by atoms with van der Waals surface area (Å²) >= 11 is 13.3. The van der Waals surface area contributed by atoms with E-state index in [1.165, 1.54) is 17.4 Å². The Balaban J connectivity index is 1.65. The van der Waals surface area contributed by atoms with Gasteiger partial charge >= 0.3 is 0 Å². The standard InChI is InChI=1S/C15H8Cl2N2O3S/c16-7-1-2-9(17)8(3-7)14(20)19-15-18-10-4-11-12(22-6-21-11)5-13(10)23-15/h1-5H,6H2,(H,18,19,20). The maximum absolute atomic E-state index is 12.3. The molecule has 3 aromatic rings. The number of nitrogens with zero attached hydrogens (tertiary/aromatic N) is 1. The van der Waals surface area contributed by atoms with E-state index in [0.29, 0.717) is 32.2 Å². The zero-order valence-electron chi connectivity index (χ0n) is 11.4. The lowest BCUT2D eigenvalue weighted by molar-refractivity contribution is 0.102. The molecule has 2 heterocycles.